The molecule has 1 spiro atoms. The van der Waals surface area contributed by atoms with Gasteiger partial charge in [-0.1, -0.05) is 68.2 Å². The highest BCUT2D eigenvalue weighted by atomic mass is 16.5. The van der Waals surface area contributed by atoms with Gasteiger partial charge in [-0.25, -0.2) is 0 Å². The van der Waals surface area contributed by atoms with E-state index in [1.165, 1.54) is 29.5 Å². The zero-order chi connectivity index (χ0) is 55.7. The molecule has 3 saturated carbocycles. The molecule has 0 radical (unpaired) electrons. The molecule has 0 bridgehead atoms. The molecule has 8 aliphatic rings. The van der Waals surface area contributed by atoms with E-state index in [2.05, 4.69) is 83.2 Å². The van der Waals surface area contributed by atoms with Crippen LogP contribution in [0, 0.1) is 64.6 Å². The highest BCUT2D eigenvalue weighted by Gasteiger charge is 2.65. The highest BCUT2D eigenvalue weighted by Crippen LogP contribution is 2.68. The van der Waals surface area contributed by atoms with E-state index in [1.54, 1.807) is 12.1 Å². The summed E-state index contributed by atoms with van der Waals surface area (Å²) in [6.07, 6.45) is 4.89. The predicted octanol–water partition coefficient (Wildman–Crippen LogP) is 6.83. The zero-order valence-electron chi connectivity index (χ0n) is 46.7. The number of aromatic nitrogens is 1. The molecule has 14 nitrogen and oxygen atoms in total. The Bertz CT molecular complexity index is 3140. The second-order valence-electron chi connectivity index (χ2n) is 25.2. The number of Topliss-reactive ketones (excluding diaryl/α,β-unsaturated/α-hetero) is 2. The number of nitrogens with two attached hydrogens (primary N) is 1. The number of hydrogen-bond donors (Lipinski definition) is 11. The van der Waals surface area contributed by atoms with Gasteiger partial charge in [-0.05, 0) is 200 Å². The summed E-state index contributed by atoms with van der Waals surface area (Å²) in [6.45, 7) is 7.10. The molecular weight excluding hydrogens is 1010 g/mol. The first-order valence-electron chi connectivity index (χ1n) is 30.2. The van der Waals surface area contributed by atoms with Gasteiger partial charge in [0.1, 0.15) is 11.2 Å². The Balaban J connectivity index is 0.878. The number of piperidine rings is 1. The smallest absolute Gasteiger partial charge is 0.160 e. The first-order chi connectivity index (χ1) is 38.7. The third-order valence-corrected chi connectivity index (χ3v) is 21.5. The van der Waals surface area contributed by atoms with Gasteiger partial charge >= 0.3 is 0 Å². The summed E-state index contributed by atoms with van der Waals surface area (Å²) < 4.78 is 5.60. The number of ether oxygens (including phenoxy) is 1. The van der Waals surface area contributed by atoms with Crippen LogP contribution in [-0.2, 0) is 22.4 Å². The fourth-order valence-electron chi connectivity index (χ4n) is 17.9. The van der Waals surface area contributed by atoms with Gasteiger partial charge in [0.25, 0.3) is 0 Å². The van der Waals surface area contributed by atoms with Crippen molar-refractivity contribution in [3.63, 3.8) is 0 Å². The number of phenolic OH excluding ortho intramolecular Hbond substituents is 1. The van der Waals surface area contributed by atoms with Crippen LogP contribution in [0.5, 0.6) is 11.5 Å². The standard InChI is InChI=1S/C66H83N5O9/c1-4-34-30-70-57(67)28-46(34)45(37-11-10-35-8-6-7-9-36(35)22-37)27-52(74)51(73)23-39-18-20-66(55(76)16-13-38-24-54(80-3)53(75)26-44(38)39)21-19-40(25-56(66)77)59-42(15-17-58(78)79)47-33-69-49-29-50(72)43-14-12-41-31-71-65-60(41)61(43)64(49)62(47)63(65)48(59)32-68-5-2/h6-11,22,24,26,28,31,39-40,42-43,45,47-49,51-52,56,58-59,61-64,68-71,73-75,77-79H,4-5,12-17,19,21,23,25,27,29-30,32-33,67H2,1-3H3. The molecule has 17 unspecified atom stereocenters. The van der Waals surface area contributed by atoms with Crippen molar-refractivity contribution in [2.75, 3.05) is 33.3 Å². The van der Waals surface area contributed by atoms with Gasteiger partial charge in [0.15, 0.2) is 23.6 Å². The number of carbonyl (C=O) groups excluding carboxylic acids is 2. The van der Waals surface area contributed by atoms with Gasteiger partial charge in [-0.3, -0.25) is 9.59 Å². The zero-order valence-corrected chi connectivity index (χ0v) is 46.7. The summed E-state index contributed by atoms with van der Waals surface area (Å²) in [7, 11) is 1.48. The normalized spacial score (nSPS) is 33.5. The number of hydrogen-bond acceptors (Lipinski definition) is 13. The van der Waals surface area contributed by atoms with Crippen molar-refractivity contribution >= 4 is 22.3 Å². The molecule has 4 aromatic rings. The number of aliphatic hydroxyl groups is 5. The van der Waals surface area contributed by atoms with Crippen molar-refractivity contribution in [1.82, 2.24) is 20.9 Å². The Morgan fingerprint density at radius 2 is 1.75 bits per heavy atom. The monoisotopic (exact) mass is 1090 g/mol. The van der Waals surface area contributed by atoms with E-state index in [1.807, 2.05) is 18.2 Å². The molecule has 1 saturated heterocycles. The molecule has 1 aromatic heterocycles. The Morgan fingerprint density at radius 3 is 2.52 bits per heavy atom. The molecule has 6 aliphatic carbocycles. The van der Waals surface area contributed by atoms with Crippen LogP contribution in [0.1, 0.15) is 142 Å². The van der Waals surface area contributed by atoms with Gasteiger partial charge in [0.2, 0.25) is 0 Å². The second kappa shape index (κ2) is 22.3. The van der Waals surface area contributed by atoms with Crippen molar-refractivity contribution in [3.05, 3.63) is 117 Å². The fourth-order valence-corrected chi connectivity index (χ4v) is 17.9. The third-order valence-electron chi connectivity index (χ3n) is 21.5. The summed E-state index contributed by atoms with van der Waals surface area (Å²) in [5.41, 5.74) is 13.6. The minimum atomic E-state index is -1.46. The van der Waals surface area contributed by atoms with E-state index in [4.69, 9.17) is 10.5 Å². The molecule has 426 valence electrons. The number of aliphatic hydroxyl groups excluding tert-OH is 4. The van der Waals surface area contributed by atoms with Crippen LogP contribution in [0.3, 0.4) is 0 Å². The number of aromatic hydroxyl groups is 1. The molecule has 80 heavy (non-hydrogen) atoms. The number of nitrogens with one attached hydrogen (secondary N) is 4. The minimum absolute atomic E-state index is 0.00973. The van der Waals surface area contributed by atoms with Crippen LogP contribution in [0.25, 0.3) is 10.8 Å². The summed E-state index contributed by atoms with van der Waals surface area (Å²) >= 11 is 0. The number of fused-ring (bicyclic) bond motifs is 3. The van der Waals surface area contributed by atoms with Crippen molar-refractivity contribution in [1.29, 1.82) is 0 Å². The van der Waals surface area contributed by atoms with Crippen LogP contribution in [-0.4, -0.2) is 111 Å². The lowest BCUT2D eigenvalue weighted by molar-refractivity contribution is -0.145. The number of methoxy groups -OCH3 is 1. The van der Waals surface area contributed by atoms with Gasteiger partial charge in [0, 0.05) is 66.9 Å². The second-order valence-corrected chi connectivity index (χ2v) is 25.2. The van der Waals surface area contributed by atoms with E-state index >= 15 is 4.79 Å². The first kappa shape index (κ1) is 55.1. The number of rotatable bonds is 16. The number of H-pyrrole nitrogens is 1. The van der Waals surface area contributed by atoms with E-state index in [0.29, 0.717) is 67.7 Å². The number of allylic oxidation sites excluding steroid dienone is 2. The molecule has 2 aliphatic heterocycles. The number of benzene rings is 3. The van der Waals surface area contributed by atoms with Gasteiger partial charge < -0.3 is 62.0 Å². The van der Waals surface area contributed by atoms with Crippen LogP contribution in [0.4, 0.5) is 0 Å². The number of ketones is 2. The average Bonchev–Trinajstić information content (AvgIpc) is 1.95. The molecule has 14 heteroatoms. The van der Waals surface area contributed by atoms with Crippen molar-refractivity contribution in [2.45, 2.75) is 152 Å². The largest absolute Gasteiger partial charge is 0.504 e. The lowest BCUT2D eigenvalue weighted by Crippen LogP contribution is -2.67. The fraction of sp³-hybridized carbons (Fsp3) is 0.576. The van der Waals surface area contributed by atoms with Crippen molar-refractivity contribution in [2.24, 2.45) is 58.5 Å². The number of aromatic amines is 1. The van der Waals surface area contributed by atoms with Gasteiger partial charge in [0.05, 0.1) is 31.2 Å². The average molecular weight is 1090 g/mol. The van der Waals surface area contributed by atoms with Crippen LogP contribution >= 0.6 is 0 Å². The van der Waals surface area contributed by atoms with E-state index in [9.17, 15) is 35.4 Å². The SMILES string of the molecule is CCNCC1C2c3[nH]cc4c3C3C(CC4)C(=O)CC4NCC(C(CCC(O)O)C1C1CCC5(C#CC(CC(O)C(O)CC(C6=C(CC)CNC(N)=C6)c6ccc7ccccc7c6)c6cc(O)c(OC)cc6CCC5=O)C(O)C1)C2C43. The molecule has 4 fully saturated rings. The number of dihydropyridines is 1. The highest BCUT2D eigenvalue weighted by molar-refractivity contribution is 5.89. The third kappa shape index (κ3) is 9.60. The van der Waals surface area contributed by atoms with Crippen LogP contribution < -0.4 is 26.4 Å². The van der Waals surface area contributed by atoms with Crippen molar-refractivity contribution < 1.29 is 45.0 Å². The van der Waals surface area contributed by atoms with Gasteiger partial charge in [-0.15, -0.1) is 0 Å². The molecule has 12 rings (SSSR count). The first-order valence-corrected chi connectivity index (χ1v) is 30.2. The maximum atomic E-state index is 15.1. The number of phenols is 1. The summed E-state index contributed by atoms with van der Waals surface area (Å²) in [4.78, 5) is 32.9. The molecule has 17 atom stereocenters. The Hall–Kier alpha value is -5.50. The van der Waals surface area contributed by atoms with Crippen molar-refractivity contribution in [3.8, 4) is 23.3 Å². The lowest BCUT2D eigenvalue weighted by atomic mass is 9.41. The van der Waals surface area contributed by atoms with Crippen LogP contribution in [0.2, 0.25) is 0 Å². The molecule has 3 aromatic carbocycles. The van der Waals surface area contributed by atoms with E-state index in [0.717, 1.165) is 66.4 Å². The molecule has 0 amide bonds. The molecule has 12 N–H and O–H groups in total. The predicted molar refractivity (Wildman–Crippen MR) is 306 cm³/mol. The Kier molecular flexibility index (Phi) is 15.4. The summed E-state index contributed by atoms with van der Waals surface area (Å²) in [6, 6.07) is 18.0. The Labute approximate surface area is 470 Å². The van der Waals surface area contributed by atoms with E-state index < -0.39 is 35.9 Å². The van der Waals surface area contributed by atoms with Crippen LogP contribution in [0.15, 0.2) is 83.8 Å². The number of carbonyl (C=O) groups is 2. The minimum Gasteiger partial charge on any atom is -0.504 e. The maximum absolute atomic E-state index is 15.1. The quantitative estimate of drug-likeness (QED) is 0.0408. The lowest BCUT2D eigenvalue weighted by Gasteiger charge is -2.65. The maximum Gasteiger partial charge on any atom is 0.160 e. The summed E-state index contributed by atoms with van der Waals surface area (Å²) in [5.74, 6) is 8.24. The van der Waals surface area contributed by atoms with Gasteiger partial charge in [-0.2, -0.15) is 0 Å². The summed E-state index contributed by atoms with van der Waals surface area (Å²) in [5, 5.41) is 83.2. The van der Waals surface area contributed by atoms with E-state index in [-0.39, 0.29) is 109 Å². The molecular formula is C66H83N5O9. The topological polar surface area (TPSA) is 243 Å². The molecule has 3 heterocycles. The Morgan fingerprint density at radius 1 is 0.925 bits per heavy atom. The number of aryl methyl sites for hydroxylation is 2.